The quantitative estimate of drug-likeness (QED) is 0.439. The van der Waals surface area contributed by atoms with Gasteiger partial charge in [0.15, 0.2) is 0 Å². The highest BCUT2D eigenvalue weighted by molar-refractivity contribution is 7.92. The van der Waals surface area contributed by atoms with Crippen molar-refractivity contribution in [2.45, 2.75) is 29.1 Å². The molecular formula is C23H32N4O8S3. The van der Waals surface area contributed by atoms with E-state index in [1.54, 1.807) is 0 Å². The maximum absolute atomic E-state index is 13.1. The average Bonchev–Trinajstić information content (AvgIpc) is 2.87. The van der Waals surface area contributed by atoms with Crippen LogP contribution in [0.2, 0.25) is 0 Å². The zero-order valence-corrected chi connectivity index (χ0v) is 24.1. The predicted molar refractivity (Wildman–Crippen MR) is 144 cm³/mol. The average molecular weight is 589 g/mol. The number of nitrogens with zero attached hydrogens (tertiary/aromatic N) is 3. The van der Waals surface area contributed by atoms with E-state index in [1.807, 2.05) is 0 Å². The van der Waals surface area contributed by atoms with Crippen molar-refractivity contribution in [3.63, 3.8) is 0 Å². The molecular weight excluding hydrogens is 556 g/mol. The molecule has 0 aliphatic carbocycles. The molecule has 1 saturated heterocycles. The first-order chi connectivity index (χ1) is 17.7. The van der Waals surface area contributed by atoms with Gasteiger partial charge in [0.2, 0.25) is 36.0 Å². The van der Waals surface area contributed by atoms with Gasteiger partial charge >= 0.3 is 0 Å². The van der Waals surface area contributed by atoms with E-state index in [4.69, 9.17) is 4.74 Å². The van der Waals surface area contributed by atoms with E-state index in [1.165, 1.54) is 68.0 Å². The highest BCUT2D eigenvalue weighted by Gasteiger charge is 2.28. The molecule has 0 radical (unpaired) electrons. The Bertz CT molecular complexity index is 1480. The fraction of sp³-hybridized carbons (Fsp3) is 0.435. The van der Waals surface area contributed by atoms with Gasteiger partial charge in [-0.05, 0) is 55.3 Å². The van der Waals surface area contributed by atoms with Crippen LogP contribution >= 0.6 is 0 Å². The van der Waals surface area contributed by atoms with Crippen molar-refractivity contribution in [1.82, 2.24) is 8.61 Å². The minimum absolute atomic E-state index is 0.0202. The van der Waals surface area contributed by atoms with Gasteiger partial charge in [-0.25, -0.2) is 29.6 Å². The smallest absolute Gasteiger partial charge is 0.245 e. The molecule has 2 aromatic carbocycles. The van der Waals surface area contributed by atoms with Crippen LogP contribution in [0.4, 0.5) is 11.4 Å². The van der Waals surface area contributed by atoms with E-state index < -0.39 is 42.5 Å². The first kappa shape index (κ1) is 29.8. The number of sulfonamides is 3. The standard InChI is InChI=1S/C23H32N4O8S3/c1-25(2)37(31,32)19-10-8-18(9-11-19)27(36(4,29)30)17-23(28)24-21-16-20(12-13-22(21)35-3)38(33,34)26-14-6-5-7-15-26/h8-13,16H,5-7,14-15,17H2,1-4H3,(H,24,28). The number of amides is 1. The number of benzene rings is 2. The SMILES string of the molecule is COc1ccc(S(=O)(=O)N2CCCCC2)cc1NC(=O)CN(c1ccc(S(=O)(=O)N(C)C)cc1)S(C)(=O)=O. The Hall–Kier alpha value is -2.72. The van der Waals surface area contributed by atoms with Crippen molar-refractivity contribution >= 4 is 47.4 Å². The lowest BCUT2D eigenvalue weighted by Gasteiger charge is -2.26. The summed E-state index contributed by atoms with van der Waals surface area (Å²) in [6, 6.07) is 9.17. The van der Waals surface area contributed by atoms with Crippen molar-refractivity contribution < 1.29 is 34.8 Å². The Balaban J connectivity index is 1.86. The van der Waals surface area contributed by atoms with Crippen LogP contribution in [0.25, 0.3) is 0 Å². The van der Waals surface area contributed by atoms with E-state index >= 15 is 0 Å². The molecule has 2 aromatic rings. The van der Waals surface area contributed by atoms with Crippen molar-refractivity contribution in [3.8, 4) is 5.75 Å². The number of hydrogen-bond acceptors (Lipinski definition) is 8. The van der Waals surface area contributed by atoms with Crippen molar-refractivity contribution in [2.75, 3.05) is 56.7 Å². The summed E-state index contributed by atoms with van der Waals surface area (Å²) in [7, 11) is -7.37. The molecule has 1 amide bonds. The van der Waals surface area contributed by atoms with E-state index in [2.05, 4.69) is 5.32 Å². The summed E-state index contributed by atoms with van der Waals surface area (Å²) in [5.41, 5.74) is 0.144. The zero-order valence-electron chi connectivity index (χ0n) is 21.6. The molecule has 0 unspecified atom stereocenters. The summed E-state index contributed by atoms with van der Waals surface area (Å²) >= 11 is 0. The number of nitrogens with one attached hydrogen (secondary N) is 1. The van der Waals surface area contributed by atoms with Crippen molar-refractivity contribution in [2.24, 2.45) is 0 Å². The van der Waals surface area contributed by atoms with Gasteiger partial charge in [-0.1, -0.05) is 6.42 Å². The van der Waals surface area contributed by atoms with Gasteiger partial charge in [-0.3, -0.25) is 9.10 Å². The molecule has 1 aliphatic heterocycles. The fourth-order valence-electron chi connectivity index (χ4n) is 3.91. The molecule has 38 heavy (non-hydrogen) atoms. The van der Waals surface area contributed by atoms with Gasteiger partial charge in [0.1, 0.15) is 12.3 Å². The van der Waals surface area contributed by atoms with Crippen molar-refractivity contribution in [1.29, 1.82) is 0 Å². The molecule has 12 nitrogen and oxygen atoms in total. The maximum atomic E-state index is 13.1. The highest BCUT2D eigenvalue weighted by atomic mass is 32.2. The summed E-state index contributed by atoms with van der Waals surface area (Å²) in [6.45, 7) is 0.173. The second-order valence-corrected chi connectivity index (χ2v) is 14.9. The number of ether oxygens (including phenoxy) is 1. The Morgan fingerprint density at radius 3 is 2.03 bits per heavy atom. The topological polar surface area (TPSA) is 150 Å². The van der Waals surface area contributed by atoms with Crippen LogP contribution < -0.4 is 14.4 Å². The Labute approximate surface area is 224 Å². The number of rotatable bonds is 10. The molecule has 1 N–H and O–H groups in total. The minimum Gasteiger partial charge on any atom is -0.495 e. The summed E-state index contributed by atoms with van der Waals surface area (Å²) in [5, 5.41) is 2.54. The molecule has 3 rings (SSSR count). The monoisotopic (exact) mass is 588 g/mol. The molecule has 1 heterocycles. The first-order valence-electron chi connectivity index (χ1n) is 11.7. The van der Waals surface area contributed by atoms with E-state index in [9.17, 15) is 30.0 Å². The second kappa shape index (κ2) is 11.6. The van der Waals surface area contributed by atoms with Gasteiger partial charge < -0.3 is 10.1 Å². The first-order valence-corrected chi connectivity index (χ1v) is 16.4. The van der Waals surface area contributed by atoms with E-state index in [0.29, 0.717) is 13.1 Å². The van der Waals surface area contributed by atoms with Crippen molar-refractivity contribution in [3.05, 3.63) is 42.5 Å². The lowest BCUT2D eigenvalue weighted by molar-refractivity contribution is -0.114. The van der Waals surface area contributed by atoms with Gasteiger partial charge in [0, 0.05) is 27.2 Å². The van der Waals surface area contributed by atoms with Crippen LogP contribution in [-0.4, -0.2) is 86.9 Å². The van der Waals surface area contributed by atoms with E-state index in [0.717, 1.165) is 34.1 Å². The van der Waals surface area contributed by atoms with Crippen LogP contribution in [0.3, 0.4) is 0 Å². The van der Waals surface area contributed by atoms with Crippen LogP contribution in [0, 0.1) is 0 Å². The third-order valence-corrected chi connectivity index (χ3v) is 10.9. The number of hydrogen-bond donors (Lipinski definition) is 1. The number of methoxy groups -OCH3 is 1. The van der Waals surface area contributed by atoms with Crippen LogP contribution in [0.5, 0.6) is 5.75 Å². The lowest BCUT2D eigenvalue weighted by Crippen LogP contribution is -2.37. The fourth-order valence-corrected chi connectivity index (χ4v) is 7.22. The van der Waals surface area contributed by atoms with Crippen LogP contribution in [-0.2, 0) is 34.9 Å². The highest BCUT2D eigenvalue weighted by Crippen LogP contribution is 2.30. The molecule has 0 saturated carbocycles. The van der Waals surface area contributed by atoms with Crippen LogP contribution in [0.15, 0.2) is 52.3 Å². The Morgan fingerprint density at radius 1 is 0.921 bits per heavy atom. The molecule has 210 valence electrons. The van der Waals surface area contributed by atoms with Gasteiger partial charge in [0.05, 0.1) is 34.5 Å². The Morgan fingerprint density at radius 2 is 1.50 bits per heavy atom. The molecule has 0 bridgehead atoms. The lowest BCUT2D eigenvalue weighted by atomic mass is 10.2. The summed E-state index contributed by atoms with van der Waals surface area (Å²) in [5.74, 6) is -0.564. The van der Waals surface area contributed by atoms with E-state index in [-0.39, 0.29) is 26.9 Å². The normalized spacial score (nSPS) is 15.3. The molecule has 1 fully saturated rings. The zero-order chi connectivity index (χ0) is 28.3. The summed E-state index contributed by atoms with van der Waals surface area (Å²) < 4.78 is 84.4. The van der Waals surface area contributed by atoms with Gasteiger partial charge in [-0.15, -0.1) is 0 Å². The molecule has 15 heteroatoms. The molecule has 0 aromatic heterocycles. The number of carbonyl (C=O) groups excluding carboxylic acids is 1. The third kappa shape index (κ3) is 6.64. The largest absolute Gasteiger partial charge is 0.495 e. The minimum atomic E-state index is -3.95. The number of anilines is 2. The summed E-state index contributed by atoms with van der Waals surface area (Å²) in [6.07, 6.45) is 3.41. The Kier molecular flexibility index (Phi) is 9.08. The van der Waals surface area contributed by atoms with Gasteiger partial charge in [0.25, 0.3) is 0 Å². The predicted octanol–water partition coefficient (Wildman–Crippen LogP) is 1.52. The third-order valence-electron chi connectivity index (χ3n) is 5.99. The maximum Gasteiger partial charge on any atom is 0.245 e. The second-order valence-electron chi connectivity index (χ2n) is 8.93. The number of piperidine rings is 1. The van der Waals surface area contributed by atoms with Crippen LogP contribution in [0.1, 0.15) is 19.3 Å². The number of carbonyl (C=O) groups is 1. The summed E-state index contributed by atoms with van der Waals surface area (Å²) in [4.78, 5) is 12.9. The molecule has 0 atom stereocenters. The van der Waals surface area contributed by atoms with Gasteiger partial charge in [-0.2, -0.15) is 4.31 Å². The molecule has 1 aliphatic rings. The molecule has 0 spiro atoms.